The predicted molar refractivity (Wildman–Crippen MR) is 78.8 cm³/mol. The third kappa shape index (κ3) is 2.48. The number of hydrogen-bond acceptors (Lipinski definition) is 2. The van der Waals surface area contributed by atoms with Crippen LogP contribution in [0.2, 0.25) is 0 Å². The van der Waals surface area contributed by atoms with Gasteiger partial charge in [0.05, 0.1) is 19.0 Å². The molecule has 1 aliphatic heterocycles. The number of piperidine rings is 1. The Labute approximate surface area is 125 Å². The number of hydrogen-bond donors (Lipinski definition) is 1. The fraction of sp³-hybridized carbons (Fsp3) is 0.529. The molecule has 21 heavy (non-hydrogen) atoms. The van der Waals surface area contributed by atoms with Crippen molar-refractivity contribution in [2.24, 2.45) is 5.92 Å². The van der Waals surface area contributed by atoms with Crippen molar-refractivity contribution >= 4 is 12.0 Å². The van der Waals surface area contributed by atoms with Crippen LogP contribution in [0.15, 0.2) is 24.3 Å². The van der Waals surface area contributed by atoms with Gasteiger partial charge in [0.25, 0.3) is 0 Å². The van der Waals surface area contributed by atoms with Gasteiger partial charge < -0.3 is 5.11 Å². The maximum absolute atomic E-state index is 12.9. The quantitative estimate of drug-likeness (QED) is 0.808. The highest BCUT2D eigenvalue weighted by atomic mass is 16.4. The highest BCUT2D eigenvalue weighted by Crippen LogP contribution is 2.31. The number of benzene rings is 1. The number of carbonyl (C=O) groups excluding carboxylic acids is 1. The smallest absolute Gasteiger partial charge is 0.435 e. The fourth-order valence-corrected chi connectivity index (χ4v) is 3.82. The van der Waals surface area contributed by atoms with E-state index >= 15 is 0 Å². The topological polar surface area (TPSA) is 54.4 Å². The van der Waals surface area contributed by atoms with Gasteiger partial charge >= 0.3 is 12.0 Å². The first kappa shape index (κ1) is 14.3. The van der Waals surface area contributed by atoms with Gasteiger partial charge in [0.1, 0.15) is 0 Å². The molecule has 4 heteroatoms. The van der Waals surface area contributed by atoms with Crippen molar-refractivity contribution in [3.8, 4) is 0 Å². The number of amides is 2. The first-order valence-electron chi connectivity index (χ1n) is 7.85. The van der Waals surface area contributed by atoms with Crippen molar-refractivity contribution in [1.82, 2.24) is 0 Å². The van der Waals surface area contributed by atoms with Gasteiger partial charge in [-0.3, -0.25) is 0 Å². The van der Waals surface area contributed by atoms with E-state index in [9.17, 15) is 14.7 Å². The van der Waals surface area contributed by atoms with Gasteiger partial charge in [0.15, 0.2) is 0 Å². The van der Waals surface area contributed by atoms with E-state index in [-0.39, 0.29) is 16.3 Å². The van der Waals surface area contributed by atoms with E-state index in [0.717, 1.165) is 32.1 Å². The third-order valence-corrected chi connectivity index (χ3v) is 5.06. The van der Waals surface area contributed by atoms with Gasteiger partial charge in [-0.25, -0.2) is 4.79 Å². The van der Waals surface area contributed by atoms with Gasteiger partial charge in [-0.05, 0) is 49.7 Å². The maximum Gasteiger partial charge on any atom is 0.521 e. The van der Waals surface area contributed by atoms with Gasteiger partial charge in [-0.2, -0.15) is 9.28 Å². The summed E-state index contributed by atoms with van der Waals surface area (Å²) in [6.45, 7) is 0.929. The lowest BCUT2D eigenvalue weighted by atomic mass is 9.82. The van der Waals surface area contributed by atoms with Crippen LogP contribution < -0.4 is 0 Å². The normalized spacial score (nSPS) is 24.1. The van der Waals surface area contributed by atoms with E-state index in [1.54, 1.807) is 0 Å². The molecule has 1 atom stereocenters. The number of imide groups is 1. The van der Waals surface area contributed by atoms with E-state index in [1.165, 1.54) is 11.1 Å². The predicted octanol–water partition coefficient (Wildman–Crippen LogP) is 3.00. The molecule has 1 unspecified atom stereocenters. The number of fused-ring (bicyclic) bond motifs is 1. The molecule has 0 aromatic heterocycles. The van der Waals surface area contributed by atoms with Crippen LogP contribution in [-0.2, 0) is 17.6 Å². The zero-order valence-corrected chi connectivity index (χ0v) is 12.3. The Morgan fingerprint density at radius 2 is 1.71 bits per heavy atom. The van der Waals surface area contributed by atoms with E-state index < -0.39 is 6.09 Å². The van der Waals surface area contributed by atoms with Crippen molar-refractivity contribution in [3.05, 3.63) is 35.4 Å². The molecule has 0 spiro atoms. The van der Waals surface area contributed by atoms with Gasteiger partial charge in [0, 0.05) is 0 Å². The Morgan fingerprint density at radius 1 is 1.05 bits per heavy atom. The van der Waals surface area contributed by atoms with Crippen LogP contribution in [0, 0.1) is 5.92 Å². The third-order valence-electron chi connectivity index (χ3n) is 5.06. The molecule has 112 valence electrons. The monoisotopic (exact) mass is 288 g/mol. The summed E-state index contributed by atoms with van der Waals surface area (Å²) in [5, 5.41) is 9.64. The van der Waals surface area contributed by atoms with Crippen molar-refractivity contribution in [2.75, 3.05) is 13.1 Å². The lowest BCUT2D eigenvalue weighted by molar-refractivity contribution is -0.789. The summed E-state index contributed by atoms with van der Waals surface area (Å²) < 4.78 is -0.340. The molecule has 1 N–H and O–H groups in total. The van der Waals surface area contributed by atoms with E-state index in [1.807, 2.05) is 12.1 Å². The molecule has 2 aliphatic rings. The van der Waals surface area contributed by atoms with E-state index in [4.69, 9.17) is 0 Å². The molecular weight excluding hydrogens is 266 g/mol. The number of quaternary nitrogens is 1. The van der Waals surface area contributed by atoms with Crippen LogP contribution >= 0.6 is 0 Å². The van der Waals surface area contributed by atoms with Gasteiger partial charge in [-0.1, -0.05) is 24.3 Å². The average Bonchev–Trinajstić information content (AvgIpc) is 2.54. The number of nitrogens with zero attached hydrogens (tertiary/aromatic N) is 1. The SMILES string of the molecule is O=C(O)[N+]1(C(=O)C2CCc3ccccc3C2)CCCCC1. The molecule has 0 radical (unpaired) electrons. The molecule has 2 amide bonds. The van der Waals surface area contributed by atoms with E-state index in [2.05, 4.69) is 12.1 Å². The summed E-state index contributed by atoms with van der Waals surface area (Å²) in [5.41, 5.74) is 2.52. The number of likely N-dealkylation sites (tertiary alicyclic amines) is 1. The number of carboxylic acid groups (broad SMARTS) is 1. The fourth-order valence-electron chi connectivity index (χ4n) is 3.82. The molecule has 0 saturated carbocycles. The molecule has 0 bridgehead atoms. The maximum atomic E-state index is 12.9. The van der Waals surface area contributed by atoms with E-state index in [0.29, 0.717) is 19.5 Å². The molecular formula is C17H22NO3+. The summed E-state index contributed by atoms with van der Waals surface area (Å²) in [6, 6.07) is 8.19. The first-order valence-corrected chi connectivity index (χ1v) is 7.85. The second-order valence-corrected chi connectivity index (χ2v) is 6.30. The Bertz CT molecular complexity index is 561. The largest absolute Gasteiger partial charge is 0.521 e. The standard InChI is InChI=1S/C17H21NO3/c19-16(18(17(20)21)10-4-1-5-11-18)15-9-8-13-6-2-3-7-14(13)12-15/h2-3,6-7,15H,1,4-5,8-12H2/p+1. The molecule has 1 heterocycles. The van der Waals surface area contributed by atoms with Crippen molar-refractivity contribution in [3.63, 3.8) is 0 Å². The lowest BCUT2D eigenvalue weighted by Crippen LogP contribution is -2.61. The molecule has 1 aromatic carbocycles. The number of aryl methyl sites for hydroxylation is 1. The first-order chi connectivity index (χ1) is 10.1. The molecule has 4 nitrogen and oxygen atoms in total. The molecule has 1 aromatic rings. The number of rotatable bonds is 1. The minimum Gasteiger partial charge on any atom is -0.435 e. The van der Waals surface area contributed by atoms with Crippen molar-refractivity contribution in [2.45, 2.75) is 38.5 Å². The second kappa shape index (κ2) is 5.60. The molecule has 1 aliphatic carbocycles. The summed E-state index contributed by atoms with van der Waals surface area (Å²) in [5.74, 6) is -0.217. The van der Waals surface area contributed by atoms with Crippen molar-refractivity contribution < 1.29 is 19.2 Å². The van der Waals surface area contributed by atoms with Crippen LogP contribution in [-0.4, -0.2) is 34.7 Å². The highest BCUT2D eigenvalue weighted by Gasteiger charge is 2.49. The van der Waals surface area contributed by atoms with Crippen LogP contribution in [0.4, 0.5) is 4.79 Å². The van der Waals surface area contributed by atoms with Crippen LogP contribution in [0.3, 0.4) is 0 Å². The Balaban J connectivity index is 1.83. The molecule has 1 saturated heterocycles. The number of carbonyl (C=O) groups is 2. The summed E-state index contributed by atoms with van der Waals surface area (Å²) in [6.07, 6.45) is 4.10. The summed E-state index contributed by atoms with van der Waals surface area (Å²) >= 11 is 0. The van der Waals surface area contributed by atoms with Crippen molar-refractivity contribution in [1.29, 1.82) is 0 Å². The Hall–Kier alpha value is -1.68. The van der Waals surface area contributed by atoms with Crippen LogP contribution in [0.25, 0.3) is 0 Å². The highest BCUT2D eigenvalue weighted by molar-refractivity contribution is 5.82. The summed E-state index contributed by atoms with van der Waals surface area (Å²) in [7, 11) is 0. The molecule has 3 rings (SSSR count). The minimum atomic E-state index is -0.960. The Kier molecular flexibility index (Phi) is 3.81. The Morgan fingerprint density at radius 3 is 2.38 bits per heavy atom. The summed E-state index contributed by atoms with van der Waals surface area (Å²) in [4.78, 5) is 24.7. The lowest BCUT2D eigenvalue weighted by Gasteiger charge is -2.36. The second-order valence-electron chi connectivity index (χ2n) is 6.30. The van der Waals surface area contributed by atoms with Crippen LogP contribution in [0.1, 0.15) is 36.8 Å². The molecule has 1 fully saturated rings. The minimum absolute atomic E-state index is 0.0725. The zero-order valence-electron chi connectivity index (χ0n) is 12.3. The van der Waals surface area contributed by atoms with Crippen LogP contribution in [0.5, 0.6) is 0 Å². The average molecular weight is 288 g/mol. The van der Waals surface area contributed by atoms with Gasteiger partial charge in [0.2, 0.25) is 0 Å². The zero-order chi connectivity index (χ0) is 14.9. The van der Waals surface area contributed by atoms with Gasteiger partial charge in [-0.15, -0.1) is 0 Å².